The summed E-state index contributed by atoms with van der Waals surface area (Å²) in [5.41, 5.74) is 0.490. The van der Waals surface area contributed by atoms with Gasteiger partial charge in [0, 0.05) is 17.2 Å². The Hall–Kier alpha value is -1.80. The van der Waals surface area contributed by atoms with Crippen molar-refractivity contribution in [3.63, 3.8) is 0 Å². The molecule has 4 nitrogen and oxygen atoms in total. The molecule has 16 heavy (non-hydrogen) atoms. The number of amides is 1. The predicted octanol–water partition coefficient (Wildman–Crippen LogP) is 1.73. The van der Waals surface area contributed by atoms with Gasteiger partial charge in [0.1, 0.15) is 6.07 Å². The molecule has 1 aromatic heterocycles. The van der Waals surface area contributed by atoms with Crippen molar-refractivity contribution in [1.82, 2.24) is 5.32 Å². The summed E-state index contributed by atoms with van der Waals surface area (Å²) in [6, 6.07) is 5.95. The number of carbonyl (C=O) groups is 1. The minimum absolute atomic E-state index is 0.116. The normalized spacial score (nSPS) is 20.2. The highest BCUT2D eigenvalue weighted by Crippen LogP contribution is 2.34. The Morgan fingerprint density at radius 2 is 2.50 bits per heavy atom. The van der Waals surface area contributed by atoms with E-state index in [2.05, 4.69) is 11.4 Å². The Balaban J connectivity index is 2.44. The summed E-state index contributed by atoms with van der Waals surface area (Å²) in [5.74, 6) is -0.0138. The molecule has 0 fully saturated rings. The maximum Gasteiger partial charge on any atom is 0.227 e. The second-order valence-electron chi connectivity index (χ2n) is 3.38. The summed E-state index contributed by atoms with van der Waals surface area (Å²) in [6.07, 6.45) is 0.302. The van der Waals surface area contributed by atoms with Crippen LogP contribution >= 0.6 is 11.3 Å². The molecule has 1 atom stereocenters. The Morgan fingerprint density at radius 3 is 3.06 bits per heavy atom. The zero-order valence-electron chi connectivity index (χ0n) is 8.69. The predicted molar refractivity (Wildman–Crippen MR) is 59.5 cm³/mol. The summed E-state index contributed by atoms with van der Waals surface area (Å²) in [5, 5.41) is 13.6. The van der Waals surface area contributed by atoms with E-state index in [-0.39, 0.29) is 17.7 Å². The van der Waals surface area contributed by atoms with Gasteiger partial charge in [-0.05, 0) is 11.4 Å². The molecule has 0 aromatic carbocycles. The van der Waals surface area contributed by atoms with Crippen LogP contribution in [0.25, 0.3) is 0 Å². The standard InChI is InChI=1S/C11H10N2O2S/c1-15-11-8(6-12)7(5-10(14)13-11)9-3-2-4-16-9/h2-4,7H,5H2,1H3,(H,13,14). The molecule has 0 aliphatic carbocycles. The van der Waals surface area contributed by atoms with E-state index in [1.807, 2.05) is 17.5 Å². The van der Waals surface area contributed by atoms with Gasteiger partial charge in [-0.25, -0.2) is 0 Å². The van der Waals surface area contributed by atoms with Crippen molar-refractivity contribution in [2.45, 2.75) is 12.3 Å². The van der Waals surface area contributed by atoms with Gasteiger partial charge in [-0.1, -0.05) is 6.07 Å². The van der Waals surface area contributed by atoms with E-state index in [4.69, 9.17) is 10.00 Å². The van der Waals surface area contributed by atoms with Crippen molar-refractivity contribution in [3.8, 4) is 6.07 Å². The topological polar surface area (TPSA) is 62.1 Å². The van der Waals surface area contributed by atoms with Gasteiger partial charge in [0.15, 0.2) is 0 Å². The molecule has 2 heterocycles. The Labute approximate surface area is 97.1 Å². The number of ether oxygens (including phenoxy) is 1. The molecular weight excluding hydrogens is 224 g/mol. The third-order valence-corrected chi connectivity index (χ3v) is 3.43. The highest BCUT2D eigenvalue weighted by atomic mass is 32.1. The number of methoxy groups -OCH3 is 1. The summed E-state index contributed by atoms with van der Waals surface area (Å²) in [7, 11) is 1.45. The fourth-order valence-electron chi connectivity index (χ4n) is 1.71. The first kappa shape index (κ1) is 10.7. The van der Waals surface area contributed by atoms with Crippen LogP contribution in [-0.4, -0.2) is 13.0 Å². The van der Waals surface area contributed by atoms with Crippen LogP contribution in [0.15, 0.2) is 29.0 Å². The second-order valence-corrected chi connectivity index (χ2v) is 4.36. The van der Waals surface area contributed by atoms with E-state index < -0.39 is 0 Å². The number of nitriles is 1. The summed E-state index contributed by atoms with van der Waals surface area (Å²) >= 11 is 1.54. The number of allylic oxidation sites excluding steroid dienone is 1. The molecule has 1 amide bonds. The van der Waals surface area contributed by atoms with Gasteiger partial charge in [0.2, 0.25) is 11.8 Å². The Kier molecular flexibility index (Phi) is 2.93. The molecule has 0 saturated carbocycles. The first-order chi connectivity index (χ1) is 7.76. The number of thiophene rings is 1. The van der Waals surface area contributed by atoms with E-state index in [1.54, 1.807) is 11.3 Å². The summed E-state index contributed by atoms with van der Waals surface area (Å²) in [4.78, 5) is 12.5. The van der Waals surface area contributed by atoms with Crippen LogP contribution in [0.1, 0.15) is 17.2 Å². The molecule has 1 aliphatic rings. The van der Waals surface area contributed by atoms with Crippen LogP contribution in [0.3, 0.4) is 0 Å². The third kappa shape index (κ3) is 1.79. The molecule has 0 saturated heterocycles. The number of hydrogen-bond donors (Lipinski definition) is 1. The van der Waals surface area contributed by atoms with Crippen LogP contribution in [0.4, 0.5) is 0 Å². The van der Waals surface area contributed by atoms with Crippen molar-refractivity contribution < 1.29 is 9.53 Å². The fraction of sp³-hybridized carbons (Fsp3) is 0.273. The van der Waals surface area contributed by atoms with E-state index in [9.17, 15) is 4.79 Å². The largest absolute Gasteiger partial charge is 0.482 e. The van der Waals surface area contributed by atoms with E-state index in [1.165, 1.54) is 7.11 Å². The quantitative estimate of drug-likeness (QED) is 0.847. The summed E-state index contributed by atoms with van der Waals surface area (Å²) in [6.45, 7) is 0. The average molecular weight is 234 g/mol. The third-order valence-electron chi connectivity index (χ3n) is 2.45. The lowest BCUT2D eigenvalue weighted by Crippen LogP contribution is -2.32. The number of rotatable bonds is 2. The molecule has 1 aromatic rings. The maximum atomic E-state index is 11.5. The van der Waals surface area contributed by atoms with Crippen LogP contribution in [0.2, 0.25) is 0 Å². The second kappa shape index (κ2) is 4.37. The van der Waals surface area contributed by atoms with E-state index in [0.29, 0.717) is 12.0 Å². The fourth-order valence-corrected chi connectivity index (χ4v) is 2.55. The van der Waals surface area contributed by atoms with Crippen LogP contribution < -0.4 is 5.32 Å². The zero-order valence-corrected chi connectivity index (χ0v) is 9.50. The number of nitrogens with zero attached hydrogens (tertiary/aromatic N) is 1. The monoisotopic (exact) mass is 234 g/mol. The van der Waals surface area contributed by atoms with Gasteiger partial charge >= 0.3 is 0 Å². The van der Waals surface area contributed by atoms with Gasteiger partial charge in [0.05, 0.1) is 12.7 Å². The lowest BCUT2D eigenvalue weighted by atomic mass is 9.92. The highest BCUT2D eigenvalue weighted by Gasteiger charge is 2.30. The minimum Gasteiger partial charge on any atom is -0.482 e. The first-order valence-electron chi connectivity index (χ1n) is 4.77. The number of hydrogen-bond acceptors (Lipinski definition) is 4. The van der Waals surface area contributed by atoms with E-state index in [0.717, 1.165) is 4.88 Å². The lowest BCUT2D eigenvalue weighted by Gasteiger charge is -2.22. The zero-order chi connectivity index (χ0) is 11.5. The van der Waals surface area contributed by atoms with Crippen molar-refractivity contribution in [2.24, 2.45) is 0 Å². The van der Waals surface area contributed by atoms with Crippen molar-refractivity contribution in [1.29, 1.82) is 5.26 Å². The summed E-state index contributed by atoms with van der Waals surface area (Å²) < 4.78 is 5.02. The molecule has 1 N–H and O–H groups in total. The van der Waals surface area contributed by atoms with Gasteiger partial charge in [0.25, 0.3) is 0 Å². The molecule has 0 spiro atoms. The molecule has 2 rings (SSSR count). The van der Waals surface area contributed by atoms with Gasteiger partial charge in [-0.15, -0.1) is 11.3 Å². The van der Waals surface area contributed by atoms with Gasteiger partial charge in [-0.3, -0.25) is 10.1 Å². The van der Waals surface area contributed by atoms with Gasteiger partial charge in [-0.2, -0.15) is 5.26 Å². The maximum absolute atomic E-state index is 11.5. The molecule has 5 heteroatoms. The van der Waals surface area contributed by atoms with Crippen LogP contribution in [0, 0.1) is 11.3 Å². The molecule has 82 valence electrons. The smallest absolute Gasteiger partial charge is 0.227 e. The molecule has 1 aliphatic heterocycles. The number of carbonyl (C=O) groups excluding carboxylic acids is 1. The van der Waals surface area contributed by atoms with Crippen molar-refractivity contribution >= 4 is 17.2 Å². The molecular formula is C11H10N2O2S. The lowest BCUT2D eigenvalue weighted by molar-refractivity contribution is -0.122. The van der Waals surface area contributed by atoms with Gasteiger partial charge < -0.3 is 4.74 Å². The molecule has 0 bridgehead atoms. The molecule has 0 radical (unpaired) electrons. The minimum atomic E-state index is -0.173. The van der Waals surface area contributed by atoms with Crippen molar-refractivity contribution in [3.05, 3.63) is 33.8 Å². The van der Waals surface area contributed by atoms with Crippen molar-refractivity contribution in [2.75, 3.05) is 7.11 Å². The van der Waals surface area contributed by atoms with Crippen LogP contribution in [-0.2, 0) is 9.53 Å². The Bertz CT molecular complexity index is 471. The number of nitrogens with one attached hydrogen (secondary N) is 1. The average Bonchev–Trinajstić information content (AvgIpc) is 2.81. The highest BCUT2D eigenvalue weighted by molar-refractivity contribution is 7.10. The Morgan fingerprint density at radius 1 is 1.69 bits per heavy atom. The SMILES string of the molecule is COC1=C(C#N)C(c2cccs2)CC(=O)N1. The van der Waals surface area contributed by atoms with E-state index >= 15 is 0 Å². The van der Waals surface area contributed by atoms with Crippen LogP contribution in [0.5, 0.6) is 0 Å². The molecule has 1 unspecified atom stereocenters. The first-order valence-corrected chi connectivity index (χ1v) is 5.65.